The lowest BCUT2D eigenvalue weighted by Crippen LogP contribution is -2.54. The molecule has 8 heteroatoms. The molecule has 0 saturated carbocycles. The quantitative estimate of drug-likeness (QED) is 0.733. The third-order valence-electron chi connectivity index (χ3n) is 5.60. The van der Waals surface area contributed by atoms with Crippen LogP contribution < -0.4 is 9.80 Å². The van der Waals surface area contributed by atoms with Crippen molar-refractivity contribution in [2.24, 2.45) is 0 Å². The summed E-state index contributed by atoms with van der Waals surface area (Å²) in [5.74, 6) is -0.345. The molecule has 0 aliphatic carbocycles. The van der Waals surface area contributed by atoms with E-state index in [-0.39, 0.29) is 17.4 Å². The molecular weight excluding hydrogens is 393 g/mol. The van der Waals surface area contributed by atoms with E-state index in [2.05, 4.69) is 4.98 Å². The molecule has 30 heavy (non-hydrogen) atoms. The zero-order chi connectivity index (χ0) is 22.3. The number of likely N-dealkylation sites (N-methyl/N-ethyl adjacent to an activating group) is 1. The van der Waals surface area contributed by atoms with Gasteiger partial charge in [-0.1, -0.05) is 12.1 Å². The van der Waals surface area contributed by atoms with Gasteiger partial charge in [-0.25, -0.2) is 4.98 Å². The Morgan fingerprint density at radius 3 is 2.60 bits per heavy atom. The maximum Gasteiger partial charge on any atom is 0.417 e. The number of hydrogen-bond acceptors (Lipinski definition) is 4. The highest BCUT2D eigenvalue weighted by atomic mass is 19.4. The molecule has 1 saturated heterocycles. The minimum atomic E-state index is -4.69. The van der Waals surface area contributed by atoms with Gasteiger partial charge in [-0.15, -0.1) is 0 Å². The van der Waals surface area contributed by atoms with Gasteiger partial charge < -0.3 is 9.80 Å². The SMILES string of the molecule is Cc1cccc(N(C)C(=O)[C@]2(C)CCCN2c2nc(C)cc(C(F)(F)F)c2C#N)c1. The van der Waals surface area contributed by atoms with Crippen molar-refractivity contribution < 1.29 is 18.0 Å². The van der Waals surface area contributed by atoms with Gasteiger partial charge in [-0.2, -0.15) is 18.4 Å². The van der Waals surface area contributed by atoms with Crippen molar-refractivity contribution >= 4 is 17.4 Å². The van der Waals surface area contributed by atoms with Crippen LogP contribution in [-0.4, -0.2) is 30.0 Å². The highest BCUT2D eigenvalue weighted by Crippen LogP contribution is 2.41. The molecule has 1 atom stereocenters. The van der Waals surface area contributed by atoms with Crippen LogP contribution in [0.3, 0.4) is 0 Å². The predicted molar refractivity (Wildman–Crippen MR) is 108 cm³/mol. The molecule has 1 aromatic heterocycles. The van der Waals surface area contributed by atoms with E-state index in [1.807, 2.05) is 25.1 Å². The van der Waals surface area contributed by atoms with Crippen LogP contribution in [0.2, 0.25) is 0 Å². The number of halogens is 3. The maximum atomic E-state index is 13.5. The Balaban J connectivity index is 2.08. The number of rotatable bonds is 3. The van der Waals surface area contributed by atoms with Gasteiger partial charge in [0.15, 0.2) is 0 Å². The number of alkyl halides is 3. The number of pyridine rings is 1. The van der Waals surface area contributed by atoms with Crippen molar-refractivity contribution in [1.29, 1.82) is 5.26 Å². The summed E-state index contributed by atoms with van der Waals surface area (Å²) in [6, 6.07) is 9.98. The van der Waals surface area contributed by atoms with E-state index in [9.17, 15) is 23.2 Å². The summed E-state index contributed by atoms with van der Waals surface area (Å²) in [5.41, 5.74) is -0.865. The molecule has 2 aromatic rings. The van der Waals surface area contributed by atoms with Gasteiger partial charge in [0.05, 0.1) is 5.56 Å². The number of aromatic nitrogens is 1. The van der Waals surface area contributed by atoms with Crippen LogP contribution in [0.25, 0.3) is 0 Å². The number of hydrogen-bond donors (Lipinski definition) is 0. The molecule has 1 aromatic carbocycles. The van der Waals surface area contributed by atoms with E-state index in [4.69, 9.17) is 0 Å². The minimum absolute atomic E-state index is 0.0872. The molecule has 0 spiro atoms. The van der Waals surface area contributed by atoms with Crippen LogP contribution in [0.15, 0.2) is 30.3 Å². The minimum Gasteiger partial charge on any atom is -0.341 e. The fourth-order valence-electron chi connectivity index (χ4n) is 4.03. The summed E-state index contributed by atoms with van der Waals surface area (Å²) in [5, 5.41) is 9.53. The number of anilines is 2. The number of aryl methyl sites for hydroxylation is 2. The second kappa shape index (κ2) is 7.63. The topological polar surface area (TPSA) is 60.2 Å². The average molecular weight is 416 g/mol. The number of benzene rings is 1. The maximum absolute atomic E-state index is 13.5. The Bertz CT molecular complexity index is 1030. The summed E-state index contributed by atoms with van der Waals surface area (Å²) in [6.07, 6.45) is -3.64. The first-order valence-corrected chi connectivity index (χ1v) is 9.60. The zero-order valence-corrected chi connectivity index (χ0v) is 17.3. The Morgan fingerprint density at radius 2 is 2.00 bits per heavy atom. The van der Waals surface area contributed by atoms with Crippen LogP contribution in [0.1, 0.15) is 42.1 Å². The van der Waals surface area contributed by atoms with Gasteiger partial charge in [0, 0.05) is 25.0 Å². The number of carbonyl (C=O) groups is 1. The molecule has 2 heterocycles. The molecule has 0 N–H and O–H groups in total. The van der Waals surface area contributed by atoms with E-state index in [1.54, 1.807) is 31.0 Å². The van der Waals surface area contributed by atoms with Gasteiger partial charge in [0.1, 0.15) is 23.0 Å². The number of nitriles is 1. The fourth-order valence-corrected chi connectivity index (χ4v) is 4.03. The largest absolute Gasteiger partial charge is 0.417 e. The lowest BCUT2D eigenvalue weighted by molar-refractivity contribution is -0.137. The van der Waals surface area contributed by atoms with Crippen LogP contribution in [0, 0.1) is 25.2 Å². The van der Waals surface area contributed by atoms with Crippen molar-refractivity contribution in [3.05, 3.63) is 52.7 Å². The molecule has 1 fully saturated rings. The third-order valence-corrected chi connectivity index (χ3v) is 5.60. The van der Waals surface area contributed by atoms with Gasteiger partial charge in [-0.3, -0.25) is 4.79 Å². The second-order valence-electron chi connectivity index (χ2n) is 7.85. The van der Waals surface area contributed by atoms with Gasteiger partial charge in [-0.05, 0) is 57.4 Å². The molecule has 0 unspecified atom stereocenters. The molecule has 1 aliphatic heterocycles. The summed E-state index contributed by atoms with van der Waals surface area (Å²) in [7, 11) is 1.65. The van der Waals surface area contributed by atoms with Gasteiger partial charge >= 0.3 is 6.18 Å². The van der Waals surface area contributed by atoms with Gasteiger partial charge in [0.25, 0.3) is 5.91 Å². The van der Waals surface area contributed by atoms with Gasteiger partial charge in [0.2, 0.25) is 0 Å². The van der Waals surface area contributed by atoms with Crippen molar-refractivity contribution in [3.8, 4) is 6.07 Å². The Kier molecular flexibility index (Phi) is 5.50. The fraction of sp³-hybridized carbons (Fsp3) is 0.409. The highest BCUT2D eigenvalue weighted by molar-refractivity contribution is 6.02. The van der Waals surface area contributed by atoms with Crippen molar-refractivity contribution in [2.75, 3.05) is 23.4 Å². The average Bonchev–Trinajstić information content (AvgIpc) is 3.08. The Hall–Kier alpha value is -3.08. The number of carbonyl (C=O) groups excluding carboxylic acids is 1. The summed E-state index contributed by atoms with van der Waals surface area (Å²) >= 11 is 0. The lowest BCUT2D eigenvalue weighted by Gasteiger charge is -2.38. The summed E-state index contributed by atoms with van der Waals surface area (Å²) in [4.78, 5) is 20.8. The first-order valence-electron chi connectivity index (χ1n) is 9.60. The van der Waals surface area contributed by atoms with Crippen molar-refractivity contribution in [1.82, 2.24) is 4.98 Å². The smallest absolute Gasteiger partial charge is 0.341 e. The molecule has 158 valence electrons. The van der Waals surface area contributed by atoms with Crippen molar-refractivity contribution in [3.63, 3.8) is 0 Å². The monoisotopic (exact) mass is 416 g/mol. The molecule has 5 nitrogen and oxygen atoms in total. The Morgan fingerprint density at radius 1 is 1.30 bits per heavy atom. The lowest BCUT2D eigenvalue weighted by atomic mass is 9.95. The second-order valence-corrected chi connectivity index (χ2v) is 7.85. The molecule has 0 radical (unpaired) electrons. The standard InChI is InChI=1S/C22H23F3N4O/c1-14-7-5-8-16(11-14)28(4)20(30)21(3)9-6-10-29(21)19-17(13-26)18(22(23,24)25)12-15(2)27-19/h5,7-8,11-12H,6,9-10H2,1-4H3/t21-/m0/s1. The van der Waals surface area contributed by atoms with Crippen LogP contribution in [0.4, 0.5) is 24.7 Å². The highest BCUT2D eigenvalue weighted by Gasteiger charge is 2.47. The predicted octanol–water partition coefficient (Wildman–Crippen LogP) is 4.61. The zero-order valence-electron chi connectivity index (χ0n) is 17.3. The number of nitrogens with zero attached hydrogens (tertiary/aromatic N) is 4. The Labute approximate surface area is 173 Å². The summed E-state index contributed by atoms with van der Waals surface area (Å²) in [6.45, 7) is 5.41. The van der Waals surface area contributed by atoms with E-state index < -0.39 is 22.8 Å². The first kappa shape index (κ1) is 21.6. The van der Waals surface area contributed by atoms with E-state index in [1.165, 1.54) is 11.8 Å². The van der Waals surface area contributed by atoms with Crippen LogP contribution >= 0.6 is 0 Å². The first-order chi connectivity index (χ1) is 14.0. The molecule has 1 amide bonds. The summed E-state index contributed by atoms with van der Waals surface area (Å²) < 4.78 is 40.6. The molecule has 0 bridgehead atoms. The van der Waals surface area contributed by atoms with Crippen molar-refractivity contribution in [2.45, 2.75) is 45.3 Å². The normalized spacial score (nSPS) is 18.9. The van der Waals surface area contributed by atoms with E-state index in [0.717, 1.165) is 11.6 Å². The molecule has 1 aliphatic rings. The van der Waals surface area contributed by atoms with Crippen LogP contribution in [-0.2, 0) is 11.0 Å². The number of amides is 1. The van der Waals surface area contributed by atoms with E-state index >= 15 is 0 Å². The third kappa shape index (κ3) is 3.72. The van der Waals surface area contributed by atoms with E-state index in [0.29, 0.717) is 25.1 Å². The van der Waals surface area contributed by atoms with Crippen LogP contribution in [0.5, 0.6) is 0 Å². The molecule has 3 rings (SSSR count). The molecular formula is C22H23F3N4O.